The number of hydrazine groups is 1. The molecule has 0 atom stereocenters. The molecule has 0 fully saturated rings. The maximum absolute atomic E-state index is 5.31. The van der Waals surface area contributed by atoms with Crippen LogP contribution in [0.3, 0.4) is 0 Å². The number of aryl methyl sites for hydroxylation is 1. The molecule has 0 unspecified atom stereocenters. The number of nitrogens with zero attached hydrogens (tertiary/aromatic N) is 2. The highest BCUT2D eigenvalue weighted by Crippen LogP contribution is 2.22. The van der Waals surface area contributed by atoms with Gasteiger partial charge in [-0.25, -0.2) is 15.8 Å². The number of aromatic nitrogens is 2. The molecule has 0 radical (unpaired) electrons. The zero-order valence-corrected chi connectivity index (χ0v) is 10.3. The minimum absolute atomic E-state index is 0.426. The molecule has 0 aliphatic carbocycles. The molecule has 16 heavy (non-hydrogen) atoms. The Morgan fingerprint density at radius 2 is 2.06 bits per heavy atom. The number of hydrogen-bond donors (Lipinski definition) is 2. The molecule has 0 saturated heterocycles. The summed E-state index contributed by atoms with van der Waals surface area (Å²) in [5, 5.41) is 0. The summed E-state index contributed by atoms with van der Waals surface area (Å²) < 4.78 is 1.02. The number of anilines is 1. The third-order valence-corrected chi connectivity index (χ3v) is 2.60. The van der Waals surface area contributed by atoms with Crippen LogP contribution < -0.4 is 11.3 Å². The molecular formula is C11H11BrN4. The van der Waals surface area contributed by atoms with Crippen LogP contribution in [0.2, 0.25) is 0 Å². The first-order valence-electron chi connectivity index (χ1n) is 4.77. The number of halogens is 1. The van der Waals surface area contributed by atoms with Crippen molar-refractivity contribution < 1.29 is 0 Å². The second kappa shape index (κ2) is 4.59. The van der Waals surface area contributed by atoms with E-state index in [1.807, 2.05) is 37.3 Å². The number of benzene rings is 1. The van der Waals surface area contributed by atoms with Crippen molar-refractivity contribution in [1.29, 1.82) is 0 Å². The molecule has 1 heterocycles. The number of nitrogen functional groups attached to an aromatic ring is 1. The summed E-state index contributed by atoms with van der Waals surface area (Å²) in [4.78, 5) is 8.44. The third kappa shape index (κ3) is 2.37. The van der Waals surface area contributed by atoms with Gasteiger partial charge in [0.05, 0.1) is 5.69 Å². The van der Waals surface area contributed by atoms with E-state index in [-0.39, 0.29) is 0 Å². The fourth-order valence-corrected chi connectivity index (χ4v) is 1.83. The SMILES string of the molecule is Cc1cc(-c2cccc(Br)c2)nc(NN)n1. The van der Waals surface area contributed by atoms with Gasteiger partial charge in [0.1, 0.15) is 0 Å². The van der Waals surface area contributed by atoms with Crippen LogP contribution in [0.1, 0.15) is 5.69 Å². The van der Waals surface area contributed by atoms with E-state index in [0.29, 0.717) is 5.95 Å². The third-order valence-electron chi connectivity index (χ3n) is 2.10. The van der Waals surface area contributed by atoms with Crippen LogP contribution in [0.25, 0.3) is 11.3 Å². The first-order chi connectivity index (χ1) is 7.69. The van der Waals surface area contributed by atoms with Crippen molar-refractivity contribution in [3.05, 3.63) is 40.5 Å². The van der Waals surface area contributed by atoms with Crippen LogP contribution in [0.4, 0.5) is 5.95 Å². The average Bonchev–Trinajstić information content (AvgIpc) is 2.28. The summed E-state index contributed by atoms with van der Waals surface area (Å²) in [5.41, 5.74) is 5.20. The number of nitrogens with two attached hydrogens (primary N) is 1. The zero-order chi connectivity index (χ0) is 11.5. The van der Waals surface area contributed by atoms with Gasteiger partial charge in [-0.3, -0.25) is 5.43 Å². The Hall–Kier alpha value is -1.46. The maximum atomic E-state index is 5.31. The van der Waals surface area contributed by atoms with E-state index in [4.69, 9.17) is 5.84 Å². The zero-order valence-electron chi connectivity index (χ0n) is 8.74. The van der Waals surface area contributed by atoms with E-state index in [0.717, 1.165) is 21.4 Å². The molecular weight excluding hydrogens is 268 g/mol. The van der Waals surface area contributed by atoms with Crippen molar-refractivity contribution in [3.8, 4) is 11.3 Å². The highest BCUT2D eigenvalue weighted by Gasteiger charge is 2.03. The molecule has 0 spiro atoms. The Balaban J connectivity index is 2.51. The summed E-state index contributed by atoms with van der Waals surface area (Å²) in [6.07, 6.45) is 0. The summed E-state index contributed by atoms with van der Waals surface area (Å²) in [6, 6.07) is 9.85. The van der Waals surface area contributed by atoms with Crippen molar-refractivity contribution in [1.82, 2.24) is 9.97 Å². The lowest BCUT2D eigenvalue weighted by atomic mass is 10.1. The summed E-state index contributed by atoms with van der Waals surface area (Å²) in [6.45, 7) is 1.91. The lowest BCUT2D eigenvalue weighted by Gasteiger charge is -2.05. The molecule has 2 rings (SSSR count). The average molecular weight is 279 g/mol. The first kappa shape index (κ1) is 11.0. The van der Waals surface area contributed by atoms with E-state index in [1.54, 1.807) is 0 Å². The van der Waals surface area contributed by atoms with Gasteiger partial charge in [0.2, 0.25) is 5.95 Å². The monoisotopic (exact) mass is 278 g/mol. The number of rotatable bonds is 2. The van der Waals surface area contributed by atoms with Gasteiger partial charge in [0, 0.05) is 15.7 Å². The second-order valence-electron chi connectivity index (χ2n) is 3.37. The van der Waals surface area contributed by atoms with Crippen molar-refractivity contribution in [2.75, 3.05) is 5.43 Å². The van der Waals surface area contributed by atoms with Crippen molar-refractivity contribution in [2.45, 2.75) is 6.92 Å². The standard InChI is InChI=1S/C11H11BrN4/c1-7-5-10(15-11(14-7)16-13)8-3-2-4-9(12)6-8/h2-6H,13H2,1H3,(H,14,15,16). The minimum Gasteiger partial charge on any atom is -0.292 e. The Bertz CT molecular complexity index is 513. The topological polar surface area (TPSA) is 63.8 Å². The van der Waals surface area contributed by atoms with E-state index in [9.17, 15) is 0 Å². The molecule has 0 amide bonds. The lowest BCUT2D eigenvalue weighted by molar-refractivity contribution is 1.08. The molecule has 5 heteroatoms. The highest BCUT2D eigenvalue weighted by atomic mass is 79.9. The predicted molar refractivity (Wildman–Crippen MR) is 67.7 cm³/mol. The van der Waals surface area contributed by atoms with Gasteiger partial charge in [-0.05, 0) is 25.1 Å². The number of nitrogens with one attached hydrogen (secondary N) is 1. The molecule has 3 N–H and O–H groups in total. The molecule has 0 bridgehead atoms. The fraction of sp³-hybridized carbons (Fsp3) is 0.0909. The first-order valence-corrected chi connectivity index (χ1v) is 5.56. The van der Waals surface area contributed by atoms with E-state index >= 15 is 0 Å². The molecule has 4 nitrogen and oxygen atoms in total. The Morgan fingerprint density at radius 1 is 1.25 bits per heavy atom. The summed E-state index contributed by atoms with van der Waals surface area (Å²) in [7, 11) is 0. The molecule has 0 saturated carbocycles. The van der Waals surface area contributed by atoms with Crippen LogP contribution in [0.5, 0.6) is 0 Å². The molecule has 1 aromatic heterocycles. The molecule has 0 aliphatic rings. The van der Waals surface area contributed by atoms with Crippen LogP contribution in [0, 0.1) is 6.92 Å². The smallest absolute Gasteiger partial charge is 0.237 e. The van der Waals surface area contributed by atoms with Gasteiger partial charge in [0.25, 0.3) is 0 Å². The van der Waals surface area contributed by atoms with Crippen LogP contribution in [-0.2, 0) is 0 Å². The molecule has 0 aliphatic heterocycles. The largest absolute Gasteiger partial charge is 0.292 e. The Labute approximate surface area is 102 Å². The van der Waals surface area contributed by atoms with Crippen LogP contribution in [-0.4, -0.2) is 9.97 Å². The lowest BCUT2D eigenvalue weighted by Crippen LogP contribution is -2.11. The van der Waals surface area contributed by atoms with Crippen molar-refractivity contribution in [3.63, 3.8) is 0 Å². The van der Waals surface area contributed by atoms with Gasteiger partial charge in [-0.2, -0.15) is 0 Å². The molecule has 1 aromatic carbocycles. The van der Waals surface area contributed by atoms with Crippen LogP contribution >= 0.6 is 15.9 Å². The highest BCUT2D eigenvalue weighted by molar-refractivity contribution is 9.10. The normalized spacial score (nSPS) is 10.2. The maximum Gasteiger partial charge on any atom is 0.237 e. The molecule has 2 aromatic rings. The minimum atomic E-state index is 0.426. The number of hydrogen-bond acceptors (Lipinski definition) is 4. The van der Waals surface area contributed by atoms with E-state index in [2.05, 4.69) is 31.3 Å². The van der Waals surface area contributed by atoms with Gasteiger partial charge in [-0.15, -0.1) is 0 Å². The predicted octanol–water partition coefficient (Wildman–Crippen LogP) is 2.50. The summed E-state index contributed by atoms with van der Waals surface area (Å²) in [5.74, 6) is 5.74. The van der Waals surface area contributed by atoms with Crippen LogP contribution in [0.15, 0.2) is 34.8 Å². The van der Waals surface area contributed by atoms with Crippen molar-refractivity contribution >= 4 is 21.9 Å². The van der Waals surface area contributed by atoms with Gasteiger partial charge < -0.3 is 0 Å². The Morgan fingerprint density at radius 3 is 2.75 bits per heavy atom. The Kier molecular flexibility index (Phi) is 3.17. The molecule has 82 valence electrons. The van der Waals surface area contributed by atoms with Gasteiger partial charge >= 0.3 is 0 Å². The second-order valence-corrected chi connectivity index (χ2v) is 4.29. The van der Waals surface area contributed by atoms with E-state index < -0.39 is 0 Å². The quantitative estimate of drug-likeness (QED) is 0.655. The summed E-state index contributed by atoms with van der Waals surface area (Å²) >= 11 is 3.43. The van der Waals surface area contributed by atoms with Crippen molar-refractivity contribution in [2.24, 2.45) is 5.84 Å². The van der Waals surface area contributed by atoms with Gasteiger partial charge in [0.15, 0.2) is 0 Å². The van der Waals surface area contributed by atoms with E-state index in [1.165, 1.54) is 0 Å². The fourth-order valence-electron chi connectivity index (χ4n) is 1.43. The van der Waals surface area contributed by atoms with Gasteiger partial charge in [-0.1, -0.05) is 28.1 Å².